The van der Waals surface area contributed by atoms with Gasteiger partial charge in [0, 0.05) is 54.9 Å². The van der Waals surface area contributed by atoms with E-state index in [-0.39, 0.29) is 42.3 Å². The molecule has 0 bridgehead atoms. The minimum atomic E-state index is 0. The number of piperazine rings is 1. The molecule has 0 aromatic heterocycles. The first-order chi connectivity index (χ1) is 16.2. The Hall–Kier alpha value is -2.05. The predicted molar refractivity (Wildman–Crippen MR) is 155 cm³/mol. The molecular formula is C29H43Cl2N3O2. The molecule has 2 aromatic carbocycles. The molecule has 1 aliphatic rings. The molecule has 200 valence electrons. The first kappa shape index (κ1) is 32.0. The first-order valence-corrected chi connectivity index (χ1v) is 12.4. The summed E-state index contributed by atoms with van der Waals surface area (Å²) >= 11 is 0. The molecule has 3 rings (SSSR count). The summed E-state index contributed by atoms with van der Waals surface area (Å²) in [6, 6.07) is 15.0. The Morgan fingerprint density at radius 3 is 2.31 bits per heavy atom. The lowest BCUT2D eigenvalue weighted by atomic mass is 9.87. The zero-order valence-electron chi connectivity index (χ0n) is 22.5. The van der Waals surface area contributed by atoms with Gasteiger partial charge < -0.3 is 15.0 Å². The fourth-order valence-corrected chi connectivity index (χ4v) is 4.79. The van der Waals surface area contributed by atoms with Crippen molar-refractivity contribution in [2.75, 3.05) is 33.3 Å². The van der Waals surface area contributed by atoms with Crippen LogP contribution < -0.4 is 10.1 Å². The molecule has 1 N–H and O–H groups in total. The van der Waals surface area contributed by atoms with E-state index in [1.165, 1.54) is 16.7 Å². The van der Waals surface area contributed by atoms with E-state index in [1.54, 1.807) is 7.11 Å². The maximum atomic E-state index is 12.6. The molecule has 0 aliphatic carbocycles. The van der Waals surface area contributed by atoms with Crippen LogP contribution in [0.4, 0.5) is 0 Å². The van der Waals surface area contributed by atoms with Crippen molar-refractivity contribution in [1.82, 2.24) is 15.1 Å². The normalized spacial score (nSPS) is 18.9. The number of rotatable bonds is 9. The van der Waals surface area contributed by atoms with Gasteiger partial charge in [-0.25, -0.2) is 0 Å². The summed E-state index contributed by atoms with van der Waals surface area (Å²) in [4.78, 5) is 16.9. The molecule has 1 fully saturated rings. The van der Waals surface area contributed by atoms with E-state index in [2.05, 4.69) is 67.9 Å². The van der Waals surface area contributed by atoms with Crippen LogP contribution in [-0.4, -0.2) is 60.6 Å². The highest BCUT2D eigenvalue weighted by Crippen LogP contribution is 2.34. The number of benzene rings is 2. The van der Waals surface area contributed by atoms with Gasteiger partial charge in [-0.05, 0) is 70.4 Å². The number of carbonyl (C=O) groups is 1. The van der Waals surface area contributed by atoms with E-state index in [4.69, 9.17) is 4.74 Å². The van der Waals surface area contributed by atoms with Gasteiger partial charge in [0.15, 0.2) is 0 Å². The molecule has 5 nitrogen and oxygen atoms in total. The smallest absolute Gasteiger partial charge is 0.253 e. The molecule has 1 amide bonds. The van der Waals surface area contributed by atoms with Crippen LogP contribution in [0.5, 0.6) is 5.75 Å². The van der Waals surface area contributed by atoms with E-state index < -0.39 is 0 Å². The molecule has 1 aliphatic heterocycles. The largest absolute Gasteiger partial charge is 0.496 e. The van der Waals surface area contributed by atoms with Crippen molar-refractivity contribution in [3.63, 3.8) is 0 Å². The third kappa shape index (κ3) is 7.04. The Morgan fingerprint density at radius 2 is 1.75 bits per heavy atom. The fraction of sp³-hybridized carbons (Fsp3) is 0.483. The quantitative estimate of drug-likeness (QED) is 0.405. The number of amides is 1. The molecule has 2 aromatic rings. The molecule has 1 heterocycles. The maximum absolute atomic E-state index is 12.6. The minimum absolute atomic E-state index is 0. The molecule has 0 radical (unpaired) electrons. The summed E-state index contributed by atoms with van der Waals surface area (Å²) in [5, 5.41) is 3.80. The second kappa shape index (κ2) is 14.0. The van der Waals surface area contributed by atoms with Gasteiger partial charge in [0.2, 0.25) is 0 Å². The second-order valence-electron chi connectivity index (χ2n) is 9.72. The number of hydrogen-bond donors (Lipinski definition) is 1. The number of halogens is 2. The van der Waals surface area contributed by atoms with E-state index in [9.17, 15) is 4.79 Å². The van der Waals surface area contributed by atoms with Gasteiger partial charge in [0.1, 0.15) is 5.75 Å². The summed E-state index contributed by atoms with van der Waals surface area (Å²) in [6.07, 6.45) is 2.78. The Bertz CT molecular complexity index is 991. The van der Waals surface area contributed by atoms with Crippen LogP contribution in [0, 0.1) is 0 Å². The van der Waals surface area contributed by atoms with Crippen molar-refractivity contribution >= 4 is 30.7 Å². The van der Waals surface area contributed by atoms with E-state index >= 15 is 0 Å². The summed E-state index contributed by atoms with van der Waals surface area (Å²) < 4.78 is 5.83. The minimum Gasteiger partial charge on any atom is -0.496 e. The van der Waals surface area contributed by atoms with Crippen molar-refractivity contribution in [3.05, 3.63) is 77.4 Å². The van der Waals surface area contributed by atoms with Crippen LogP contribution in [0.1, 0.15) is 67.7 Å². The average molecular weight is 537 g/mol. The van der Waals surface area contributed by atoms with Gasteiger partial charge in [0.05, 0.1) is 7.11 Å². The number of ether oxygens (including phenoxy) is 1. The third-order valence-electron chi connectivity index (χ3n) is 7.41. The Labute approximate surface area is 230 Å². The summed E-state index contributed by atoms with van der Waals surface area (Å²) in [5.74, 6) is 0.999. The van der Waals surface area contributed by atoms with Crippen LogP contribution in [0.2, 0.25) is 0 Å². The van der Waals surface area contributed by atoms with E-state index in [0.29, 0.717) is 6.04 Å². The highest BCUT2D eigenvalue weighted by atomic mass is 35.5. The Morgan fingerprint density at radius 1 is 1.14 bits per heavy atom. The van der Waals surface area contributed by atoms with Crippen molar-refractivity contribution in [1.29, 1.82) is 0 Å². The summed E-state index contributed by atoms with van der Waals surface area (Å²) in [6.45, 7) is 18.0. The van der Waals surface area contributed by atoms with Gasteiger partial charge >= 0.3 is 0 Å². The highest BCUT2D eigenvalue weighted by molar-refractivity contribution is 5.94. The zero-order chi connectivity index (χ0) is 24.9. The molecular weight excluding hydrogens is 493 g/mol. The predicted octanol–water partition coefficient (Wildman–Crippen LogP) is 5.91. The van der Waals surface area contributed by atoms with Crippen molar-refractivity contribution in [3.8, 4) is 5.75 Å². The fourth-order valence-electron chi connectivity index (χ4n) is 4.79. The van der Waals surface area contributed by atoms with E-state index in [1.807, 2.05) is 37.0 Å². The molecule has 1 saturated heterocycles. The molecule has 7 heteroatoms. The Kier molecular flexibility index (Phi) is 12.5. The van der Waals surface area contributed by atoms with Gasteiger partial charge in [-0.3, -0.25) is 9.69 Å². The van der Waals surface area contributed by atoms with Gasteiger partial charge in [-0.1, -0.05) is 30.3 Å². The van der Waals surface area contributed by atoms with Crippen LogP contribution >= 0.6 is 24.8 Å². The number of nitrogens with zero attached hydrogens (tertiary/aromatic N) is 2. The molecule has 2 unspecified atom stereocenters. The van der Waals surface area contributed by atoms with Crippen molar-refractivity contribution < 1.29 is 9.53 Å². The standard InChI is InChI=1S/C29H41N3O2.2ClH/c1-8-17-32-20-26(30-21(4)29(32,5)6)25-16-13-23(19-27(25)34-7)18-22-11-14-24(15-12-22)28(33)31(9-2)10-3;;/h8,11-16,19,21,26,30H,1,9-10,17-18,20H2,2-7H3;2*1H. The first-order valence-electron chi connectivity index (χ1n) is 12.4. The number of carbonyl (C=O) groups excluding carboxylic acids is 1. The Balaban J connectivity index is 0.00000324. The van der Waals surface area contributed by atoms with E-state index in [0.717, 1.165) is 43.9 Å². The van der Waals surface area contributed by atoms with Gasteiger partial charge in [0.25, 0.3) is 5.91 Å². The highest BCUT2D eigenvalue weighted by Gasteiger charge is 2.39. The topological polar surface area (TPSA) is 44.8 Å². The maximum Gasteiger partial charge on any atom is 0.253 e. The lowest BCUT2D eigenvalue weighted by Crippen LogP contribution is -2.63. The van der Waals surface area contributed by atoms with Crippen molar-refractivity contribution in [2.45, 2.75) is 58.7 Å². The van der Waals surface area contributed by atoms with Crippen LogP contribution in [0.15, 0.2) is 55.1 Å². The SMILES string of the molecule is C=CCN1CC(c2ccc(Cc3ccc(C(=O)N(CC)CC)cc3)cc2OC)NC(C)C1(C)C.Cl.Cl. The van der Waals surface area contributed by atoms with Crippen LogP contribution in [0.25, 0.3) is 0 Å². The summed E-state index contributed by atoms with van der Waals surface area (Å²) in [5.41, 5.74) is 4.34. The van der Waals surface area contributed by atoms with Crippen LogP contribution in [-0.2, 0) is 6.42 Å². The number of nitrogens with one attached hydrogen (secondary N) is 1. The monoisotopic (exact) mass is 535 g/mol. The zero-order valence-corrected chi connectivity index (χ0v) is 24.2. The van der Waals surface area contributed by atoms with Crippen LogP contribution in [0.3, 0.4) is 0 Å². The molecule has 2 atom stereocenters. The van der Waals surface area contributed by atoms with Gasteiger partial charge in [-0.2, -0.15) is 0 Å². The van der Waals surface area contributed by atoms with Crippen molar-refractivity contribution in [2.24, 2.45) is 0 Å². The molecule has 0 saturated carbocycles. The lowest BCUT2D eigenvalue weighted by molar-refractivity contribution is 0.0408. The second-order valence-corrected chi connectivity index (χ2v) is 9.72. The molecule has 0 spiro atoms. The molecule has 36 heavy (non-hydrogen) atoms. The number of methoxy groups -OCH3 is 1. The lowest BCUT2D eigenvalue weighted by Gasteiger charge is -2.50. The van der Waals surface area contributed by atoms with Gasteiger partial charge in [-0.15, -0.1) is 31.4 Å². The summed E-state index contributed by atoms with van der Waals surface area (Å²) in [7, 11) is 1.74. The average Bonchev–Trinajstić information content (AvgIpc) is 2.83. The third-order valence-corrected chi connectivity index (χ3v) is 7.41. The number of hydrogen-bond acceptors (Lipinski definition) is 4.